The maximum Gasteiger partial charge on any atom is 0.261 e. The van der Waals surface area contributed by atoms with E-state index in [0.29, 0.717) is 17.3 Å². The molecule has 0 radical (unpaired) electrons. The van der Waals surface area contributed by atoms with Crippen molar-refractivity contribution in [3.8, 4) is 5.75 Å². The van der Waals surface area contributed by atoms with E-state index in [4.69, 9.17) is 16.3 Å². The lowest BCUT2D eigenvalue weighted by atomic mass is 10.00. The van der Waals surface area contributed by atoms with E-state index >= 15 is 0 Å². The topological polar surface area (TPSA) is 34.5 Å². The Labute approximate surface area is 157 Å². The Kier molecular flexibility index (Phi) is 4.67. The standard InChI is InChI=1S/C21H19ClN2O2/c22-17-8-10-18(11-9-17)26-15-20(25)24-14-13-23-12-4-7-19(23)21(24)16-5-2-1-3-6-16/h1-12,21H,13-15H2. The van der Waals surface area contributed by atoms with Crippen LogP contribution in [0.25, 0.3) is 0 Å². The van der Waals surface area contributed by atoms with Crippen molar-refractivity contribution >= 4 is 17.5 Å². The van der Waals surface area contributed by atoms with Crippen LogP contribution in [-0.2, 0) is 11.3 Å². The molecule has 0 spiro atoms. The number of nitrogens with zero attached hydrogens (tertiary/aromatic N) is 2. The molecule has 0 saturated heterocycles. The van der Waals surface area contributed by atoms with Crippen LogP contribution in [0, 0.1) is 0 Å². The normalized spacial score (nSPS) is 16.2. The number of aromatic nitrogens is 1. The Bertz CT molecular complexity index is 890. The molecule has 3 aromatic rings. The van der Waals surface area contributed by atoms with Crippen molar-refractivity contribution in [2.24, 2.45) is 0 Å². The van der Waals surface area contributed by atoms with Gasteiger partial charge in [0.25, 0.3) is 5.91 Å². The lowest BCUT2D eigenvalue weighted by Gasteiger charge is -2.37. The van der Waals surface area contributed by atoms with Crippen LogP contribution in [0.4, 0.5) is 0 Å². The third kappa shape index (κ3) is 3.33. The van der Waals surface area contributed by atoms with Crippen LogP contribution in [0.1, 0.15) is 17.3 Å². The fraction of sp³-hybridized carbons (Fsp3) is 0.190. The number of amides is 1. The van der Waals surface area contributed by atoms with Crippen LogP contribution in [0.15, 0.2) is 72.9 Å². The average Bonchev–Trinajstić information content (AvgIpc) is 3.16. The largest absolute Gasteiger partial charge is 0.484 e. The number of ether oxygens (including phenoxy) is 1. The van der Waals surface area contributed by atoms with E-state index in [9.17, 15) is 4.79 Å². The highest BCUT2D eigenvalue weighted by Gasteiger charge is 2.32. The molecule has 1 aliphatic heterocycles. The van der Waals surface area contributed by atoms with Crippen molar-refractivity contribution in [1.29, 1.82) is 0 Å². The van der Waals surface area contributed by atoms with Gasteiger partial charge in [-0.15, -0.1) is 0 Å². The molecule has 4 rings (SSSR count). The molecule has 1 atom stereocenters. The molecular formula is C21H19ClN2O2. The number of halogens is 1. The van der Waals surface area contributed by atoms with E-state index in [1.54, 1.807) is 24.3 Å². The first-order chi connectivity index (χ1) is 12.7. The van der Waals surface area contributed by atoms with Crippen molar-refractivity contribution in [1.82, 2.24) is 9.47 Å². The molecule has 0 N–H and O–H groups in total. The van der Waals surface area contributed by atoms with Crippen LogP contribution >= 0.6 is 11.6 Å². The molecule has 26 heavy (non-hydrogen) atoms. The van der Waals surface area contributed by atoms with Gasteiger partial charge in [0.1, 0.15) is 5.75 Å². The van der Waals surface area contributed by atoms with Crippen molar-refractivity contribution in [3.05, 3.63) is 89.2 Å². The smallest absolute Gasteiger partial charge is 0.261 e. The van der Waals surface area contributed by atoms with E-state index in [0.717, 1.165) is 17.8 Å². The van der Waals surface area contributed by atoms with Crippen LogP contribution < -0.4 is 4.74 Å². The molecule has 0 fully saturated rings. The van der Waals surface area contributed by atoms with Crippen LogP contribution in [0.3, 0.4) is 0 Å². The molecule has 4 nitrogen and oxygen atoms in total. The van der Waals surface area contributed by atoms with Crippen molar-refractivity contribution in [2.75, 3.05) is 13.2 Å². The minimum absolute atomic E-state index is 0.00563. The van der Waals surface area contributed by atoms with Gasteiger partial charge in [-0.1, -0.05) is 41.9 Å². The van der Waals surface area contributed by atoms with Gasteiger partial charge in [-0.25, -0.2) is 0 Å². The highest BCUT2D eigenvalue weighted by atomic mass is 35.5. The number of carbonyl (C=O) groups excluding carboxylic acids is 1. The van der Waals surface area contributed by atoms with Gasteiger partial charge in [0.05, 0.1) is 6.04 Å². The Morgan fingerprint density at radius 3 is 2.54 bits per heavy atom. The summed E-state index contributed by atoms with van der Waals surface area (Å²) in [5.41, 5.74) is 2.23. The summed E-state index contributed by atoms with van der Waals surface area (Å²) < 4.78 is 7.88. The lowest BCUT2D eigenvalue weighted by molar-refractivity contribution is -0.136. The summed E-state index contributed by atoms with van der Waals surface area (Å²) in [6, 6.07) is 21.2. The summed E-state index contributed by atoms with van der Waals surface area (Å²) in [6.07, 6.45) is 2.07. The summed E-state index contributed by atoms with van der Waals surface area (Å²) in [4.78, 5) is 14.8. The maximum absolute atomic E-state index is 12.9. The van der Waals surface area contributed by atoms with Gasteiger partial charge in [0.15, 0.2) is 6.61 Å². The minimum atomic E-state index is -0.0960. The lowest BCUT2D eigenvalue weighted by Crippen LogP contribution is -2.44. The molecule has 0 saturated carbocycles. The van der Waals surface area contributed by atoms with E-state index in [-0.39, 0.29) is 18.6 Å². The Morgan fingerprint density at radius 1 is 1.00 bits per heavy atom. The average molecular weight is 367 g/mol. The zero-order valence-corrected chi connectivity index (χ0v) is 15.0. The molecule has 1 unspecified atom stereocenters. The molecule has 5 heteroatoms. The molecule has 0 bridgehead atoms. The first kappa shape index (κ1) is 16.7. The van der Waals surface area contributed by atoms with E-state index in [2.05, 4.69) is 29.0 Å². The number of hydrogen-bond acceptors (Lipinski definition) is 2. The predicted molar refractivity (Wildman–Crippen MR) is 101 cm³/mol. The van der Waals surface area contributed by atoms with Crippen molar-refractivity contribution < 1.29 is 9.53 Å². The fourth-order valence-electron chi connectivity index (χ4n) is 3.40. The Morgan fingerprint density at radius 2 is 1.77 bits per heavy atom. The minimum Gasteiger partial charge on any atom is -0.484 e. The zero-order valence-electron chi connectivity index (χ0n) is 14.2. The number of carbonyl (C=O) groups is 1. The van der Waals surface area contributed by atoms with Gasteiger partial charge in [-0.3, -0.25) is 4.79 Å². The highest BCUT2D eigenvalue weighted by molar-refractivity contribution is 6.30. The van der Waals surface area contributed by atoms with Crippen LogP contribution in [0.2, 0.25) is 5.02 Å². The summed E-state index contributed by atoms with van der Waals surface area (Å²) in [5, 5.41) is 0.643. The van der Waals surface area contributed by atoms with Gasteiger partial charge < -0.3 is 14.2 Å². The third-order valence-corrected chi connectivity index (χ3v) is 4.90. The Hall–Kier alpha value is -2.72. The van der Waals surface area contributed by atoms with Gasteiger partial charge in [0.2, 0.25) is 0 Å². The summed E-state index contributed by atoms with van der Waals surface area (Å²) in [6.45, 7) is 1.45. The van der Waals surface area contributed by atoms with Crippen LogP contribution in [-0.4, -0.2) is 28.5 Å². The molecular weight excluding hydrogens is 348 g/mol. The van der Waals surface area contributed by atoms with Gasteiger partial charge >= 0.3 is 0 Å². The predicted octanol–water partition coefficient (Wildman–Crippen LogP) is 4.15. The quantitative estimate of drug-likeness (QED) is 0.695. The molecule has 132 valence electrons. The molecule has 2 aromatic carbocycles. The number of hydrogen-bond donors (Lipinski definition) is 0. The molecule has 1 aliphatic rings. The molecule has 1 amide bonds. The monoisotopic (exact) mass is 366 g/mol. The van der Waals surface area contributed by atoms with Gasteiger partial charge in [-0.2, -0.15) is 0 Å². The van der Waals surface area contributed by atoms with E-state index < -0.39 is 0 Å². The molecule has 2 heterocycles. The molecule has 1 aromatic heterocycles. The maximum atomic E-state index is 12.9. The number of rotatable bonds is 4. The zero-order chi connectivity index (χ0) is 17.9. The fourth-order valence-corrected chi connectivity index (χ4v) is 3.52. The van der Waals surface area contributed by atoms with Gasteiger partial charge in [0, 0.05) is 30.0 Å². The van der Waals surface area contributed by atoms with Crippen molar-refractivity contribution in [2.45, 2.75) is 12.6 Å². The van der Waals surface area contributed by atoms with Crippen LogP contribution in [0.5, 0.6) is 5.75 Å². The first-order valence-electron chi connectivity index (χ1n) is 8.60. The van der Waals surface area contributed by atoms with Crippen molar-refractivity contribution in [3.63, 3.8) is 0 Å². The first-order valence-corrected chi connectivity index (χ1v) is 8.98. The second-order valence-corrected chi connectivity index (χ2v) is 6.71. The number of benzene rings is 2. The Balaban J connectivity index is 1.56. The van der Waals surface area contributed by atoms with Gasteiger partial charge in [-0.05, 0) is 42.0 Å². The van der Waals surface area contributed by atoms with E-state index in [1.807, 2.05) is 29.2 Å². The summed E-state index contributed by atoms with van der Waals surface area (Å²) >= 11 is 5.89. The summed E-state index contributed by atoms with van der Waals surface area (Å²) in [5.74, 6) is 0.612. The molecule has 0 aliphatic carbocycles. The SMILES string of the molecule is O=C(COc1ccc(Cl)cc1)N1CCn2cccc2C1c1ccccc1. The number of fused-ring (bicyclic) bond motifs is 1. The second-order valence-electron chi connectivity index (χ2n) is 6.27. The third-order valence-electron chi connectivity index (χ3n) is 4.65. The van der Waals surface area contributed by atoms with E-state index in [1.165, 1.54) is 0 Å². The second kappa shape index (κ2) is 7.26. The summed E-state index contributed by atoms with van der Waals surface area (Å²) in [7, 11) is 0. The highest BCUT2D eigenvalue weighted by Crippen LogP contribution is 2.32.